The van der Waals surface area contributed by atoms with E-state index in [2.05, 4.69) is 16.9 Å². The molecule has 82 valence electrons. The zero-order valence-electron chi connectivity index (χ0n) is 8.58. The van der Waals surface area contributed by atoms with Crippen LogP contribution in [0.4, 0.5) is 0 Å². The molecule has 0 bridgehead atoms. The summed E-state index contributed by atoms with van der Waals surface area (Å²) in [6, 6.07) is 3.88. The van der Waals surface area contributed by atoms with E-state index in [1.165, 1.54) is 0 Å². The van der Waals surface area contributed by atoms with E-state index in [9.17, 15) is 0 Å². The summed E-state index contributed by atoms with van der Waals surface area (Å²) in [4.78, 5) is 4.01. The molecule has 2 nitrogen and oxygen atoms in total. The summed E-state index contributed by atoms with van der Waals surface area (Å²) in [6.07, 6.45) is 3.62. The summed E-state index contributed by atoms with van der Waals surface area (Å²) >= 11 is 7.78. The standard InChI is InChI=1S/C11H15ClN2S/c1-2-7-15-8-6-13-9-10-4-3-5-14-11(10)12/h2-5,13H,1,6-9H2. The maximum Gasteiger partial charge on any atom is 0.133 e. The van der Waals surface area contributed by atoms with Gasteiger partial charge in [0.25, 0.3) is 0 Å². The monoisotopic (exact) mass is 242 g/mol. The van der Waals surface area contributed by atoms with Gasteiger partial charge in [0.2, 0.25) is 0 Å². The third kappa shape index (κ3) is 5.21. The quantitative estimate of drug-likeness (QED) is 0.452. The zero-order chi connectivity index (χ0) is 10.9. The fourth-order valence-electron chi connectivity index (χ4n) is 1.09. The average Bonchev–Trinajstić information content (AvgIpc) is 2.25. The number of halogens is 1. The van der Waals surface area contributed by atoms with Gasteiger partial charge in [-0.25, -0.2) is 4.98 Å². The molecule has 0 atom stereocenters. The molecule has 0 radical (unpaired) electrons. The first kappa shape index (κ1) is 12.6. The molecule has 0 aliphatic carbocycles. The zero-order valence-corrected chi connectivity index (χ0v) is 10.2. The number of nitrogens with one attached hydrogen (secondary N) is 1. The fraction of sp³-hybridized carbons (Fsp3) is 0.364. The van der Waals surface area contributed by atoms with Gasteiger partial charge in [0.05, 0.1) is 0 Å². The topological polar surface area (TPSA) is 24.9 Å². The third-order valence-corrected chi connectivity index (χ3v) is 3.12. The molecule has 0 saturated carbocycles. The Bertz CT molecular complexity index is 304. The van der Waals surface area contributed by atoms with E-state index in [-0.39, 0.29) is 0 Å². The van der Waals surface area contributed by atoms with Crippen molar-refractivity contribution >= 4 is 23.4 Å². The van der Waals surface area contributed by atoms with Gasteiger partial charge >= 0.3 is 0 Å². The van der Waals surface area contributed by atoms with Crippen LogP contribution in [0.25, 0.3) is 0 Å². The molecule has 0 amide bonds. The molecule has 1 aromatic rings. The van der Waals surface area contributed by atoms with Gasteiger partial charge in [0.15, 0.2) is 0 Å². The normalized spacial score (nSPS) is 10.2. The van der Waals surface area contributed by atoms with Gasteiger partial charge < -0.3 is 5.32 Å². The molecule has 0 spiro atoms. The highest BCUT2D eigenvalue weighted by Gasteiger charge is 1.98. The molecule has 1 aromatic heterocycles. The number of rotatable bonds is 7. The molecule has 0 aromatic carbocycles. The Morgan fingerprint density at radius 1 is 1.60 bits per heavy atom. The fourth-order valence-corrected chi connectivity index (χ4v) is 1.89. The van der Waals surface area contributed by atoms with E-state index >= 15 is 0 Å². The van der Waals surface area contributed by atoms with Crippen LogP contribution in [0.5, 0.6) is 0 Å². The lowest BCUT2D eigenvalue weighted by Gasteiger charge is -2.05. The van der Waals surface area contributed by atoms with Gasteiger partial charge in [-0.1, -0.05) is 23.7 Å². The van der Waals surface area contributed by atoms with Gasteiger partial charge in [0, 0.05) is 36.4 Å². The van der Waals surface area contributed by atoms with Gasteiger partial charge in [-0.05, 0) is 6.07 Å². The largest absolute Gasteiger partial charge is 0.312 e. The molecule has 15 heavy (non-hydrogen) atoms. The van der Waals surface area contributed by atoms with E-state index < -0.39 is 0 Å². The van der Waals surface area contributed by atoms with Crippen LogP contribution in [0, 0.1) is 0 Å². The Balaban J connectivity index is 2.15. The van der Waals surface area contributed by atoms with Crippen LogP contribution in [0.3, 0.4) is 0 Å². The Morgan fingerprint density at radius 3 is 3.20 bits per heavy atom. The number of hydrogen-bond donors (Lipinski definition) is 1. The summed E-state index contributed by atoms with van der Waals surface area (Å²) < 4.78 is 0. The summed E-state index contributed by atoms with van der Waals surface area (Å²) in [5.41, 5.74) is 1.05. The molecule has 0 unspecified atom stereocenters. The van der Waals surface area contributed by atoms with Crippen molar-refractivity contribution in [2.75, 3.05) is 18.1 Å². The molecule has 1 N–H and O–H groups in total. The van der Waals surface area contributed by atoms with Crippen molar-refractivity contribution in [1.29, 1.82) is 0 Å². The molecule has 1 heterocycles. The van der Waals surface area contributed by atoms with Crippen molar-refractivity contribution < 1.29 is 0 Å². The van der Waals surface area contributed by atoms with E-state index in [0.717, 1.165) is 30.2 Å². The Labute approximate surface area is 100 Å². The van der Waals surface area contributed by atoms with Crippen LogP contribution in [0.2, 0.25) is 5.15 Å². The number of thioether (sulfide) groups is 1. The molecule has 0 aliphatic heterocycles. The second kappa shape index (κ2) is 7.74. The van der Waals surface area contributed by atoms with E-state index in [0.29, 0.717) is 5.15 Å². The van der Waals surface area contributed by atoms with Crippen molar-refractivity contribution in [3.05, 3.63) is 41.7 Å². The van der Waals surface area contributed by atoms with Crippen molar-refractivity contribution in [3.63, 3.8) is 0 Å². The average molecular weight is 243 g/mol. The summed E-state index contributed by atoms with van der Waals surface area (Å²) in [7, 11) is 0. The molecular formula is C11H15ClN2S. The first-order chi connectivity index (χ1) is 7.34. The lowest BCUT2D eigenvalue weighted by atomic mass is 10.3. The van der Waals surface area contributed by atoms with Crippen LogP contribution in [0.15, 0.2) is 31.0 Å². The van der Waals surface area contributed by atoms with Crippen LogP contribution in [-0.2, 0) is 6.54 Å². The van der Waals surface area contributed by atoms with Crippen LogP contribution in [-0.4, -0.2) is 23.0 Å². The van der Waals surface area contributed by atoms with Crippen molar-refractivity contribution in [3.8, 4) is 0 Å². The van der Waals surface area contributed by atoms with Crippen LogP contribution < -0.4 is 5.32 Å². The minimum absolute atomic E-state index is 0.587. The second-order valence-corrected chi connectivity index (χ2v) is 4.50. The van der Waals surface area contributed by atoms with Gasteiger partial charge in [-0.3, -0.25) is 0 Å². The molecule has 0 saturated heterocycles. The first-order valence-corrected chi connectivity index (χ1v) is 6.36. The lowest BCUT2D eigenvalue weighted by molar-refractivity contribution is 0.730. The highest BCUT2D eigenvalue weighted by molar-refractivity contribution is 7.99. The summed E-state index contributed by atoms with van der Waals surface area (Å²) in [5, 5.41) is 3.91. The second-order valence-electron chi connectivity index (χ2n) is 2.99. The van der Waals surface area contributed by atoms with Crippen molar-refractivity contribution in [2.45, 2.75) is 6.54 Å². The van der Waals surface area contributed by atoms with E-state index in [1.807, 2.05) is 30.0 Å². The van der Waals surface area contributed by atoms with Gasteiger partial charge in [-0.2, -0.15) is 11.8 Å². The van der Waals surface area contributed by atoms with E-state index in [4.69, 9.17) is 11.6 Å². The van der Waals surface area contributed by atoms with Crippen LogP contribution >= 0.6 is 23.4 Å². The number of pyridine rings is 1. The SMILES string of the molecule is C=CCSCCNCc1cccnc1Cl. The Morgan fingerprint density at radius 2 is 2.47 bits per heavy atom. The minimum atomic E-state index is 0.587. The van der Waals surface area contributed by atoms with Crippen molar-refractivity contribution in [2.24, 2.45) is 0 Å². The first-order valence-electron chi connectivity index (χ1n) is 4.83. The lowest BCUT2D eigenvalue weighted by Crippen LogP contribution is -2.17. The number of hydrogen-bond acceptors (Lipinski definition) is 3. The number of nitrogens with zero attached hydrogens (tertiary/aromatic N) is 1. The predicted octanol–water partition coefficient (Wildman–Crippen LogP) is 2.74. The minimum Gasteiger partial charge on any atom is -0.312 e. The summed E-state index contributed by atoms with van der Waals surface area (Å²) in [6.45, 7) is 5.43. The molecule has 0 aliphatic rings. The maximum atomic E-state index is 5.92. The smallest absolute Gasteiger partial charge is 0.133 e. The Kier molecular flexibility index (Phi) is 6.48. The van der Waals surface area contributed by atoms with Gasteiger partial charge in [0.1, 0.15) is 5.15 Å². The number of aromatic nitrogens is 1. The van der Waals surface area contributed by atoms with E-state index in [1.54, 1.807) is 6.20 Å². The molecule has 1 rings (SSSR count). The third-order valence-electron chi connectivity index (χ3n) is 1.81. The maximum absolute atomic E-state index is 5.92. The molecular weight excluding hydrogens is 228 g/mol. The molecule has 0 fully saturated rings. The van der Waals surface area contributed by atoms with Gasteiger partial charge in [-0.15, -0.1) is 6.58 Å². The highest BCUT2D eigenvalue weighted by atomic mass is 35.5. The highest BCUT2D eigenvalue weighted by Crippen LogP contribution is 2.10. The van der Waals surface area contributed by atoms with Crippen LogP contribution in [0.1, 0.15) is 5.56 Å². The van der Waals surface area contributed by atoms with Crippen molar-refractivity contribution in [1.82, 2.24) is 10.3 Å². The Hall–Kier alpha value is -0.510. The summed E-state index contributed by atoms with van der Waals surface area (Å²) in [5.74, 6) is 2.10. The predicted molar refractivity (Wildman–Crippen MR) is 68.5 cm³/mol. The molecule has 4 heteroatoms.